The maximum Gasteiger partial charge on any atom is 0.0773 e. The van der Waals surface area contributed by atoms with Crippen molar-refractivity contribution in [2.75, 3.05) is 6.61 Å². The highest BCUT2D eigenvalue weighted by atomic mass is 32.1. The molecule has 2 heterocycles. The maximum atomic E-state index is 5.98. The first-order chi connectivity index (χ1) is 8.74. The van der Waals surface area contributed by atoms with Crippen LogP contribution in [0.4, 0.5) is 0 Å². The summed E-state index contributed by atoms with van der Waals surface area (Å²) >= 11 is 1.46. The Hall–Kier alpha value is -0.560. The first-order valence-corrected chi connectivity index (χ1v) is 7.40. The Kier molecular flexibility index (Phi) is 3.36. The normalized spacial score (nSPS) is 28.0. The van der Waals surface area contributed by atoms with Gasteiger partial charge in [-0.1, -0.05) is 4.49 Å². The molecule has 1 spiro atoms. The Morgan fingerprint density at radius 2 is 2.39 bits per heavy atom. The number of nitrogens with one attached hydrogen (secondary N) is 1. The van der Waals surface area contributed by atoms with Gasteiger partial charge in [-0.25, -0.2) is 0 Å². The quantitative estimate of drug-likeness (QED) is 0.645. The number of nitrogens with zero attached hydrogens (tertiary/aromatic N) is 2. The van der Waals surface area contributed by atoms with Crippen LogP contribution in [0.2, 0.25) is 0 Å². The number of aromatic nitrogens is 2. The SMILES string of the molecule is Cc1nnsc1C(NN)C1CCOC2(CCC2)C1. The summed E-state index contributed by atoms with van der Waals surface area (Å²) in [4.78, 5) is 1.18. The summed E-state index contributed by atoms with van der Waals surface area (Å²) in [5.74, 6) is 6.30. The Morgan fingerprint density at radius 3 is 2.94 bits per heavy atom. The summed E-state index contributed by atoms with van der Waals surface area (Å²) in [7, 11) is 0. The van der Waals surface area contributed by atoms with E-state index in [0.29, 0.717) is 5.92 Å². The molecule has 5 nitrogen and oxygen atoms in total. The third-order valence-corrected chi connectivity index (χ3v) is 5.33. The van der Waals surface area contributed by atoms with E-state index in [1.165, 1.54) is 35.7 Å². The summed E-state index contributed by atoms with van der Waals surface area (Å²) in [5, 5.41) is 4.09. The van der Waals surface area contributed by atoms with E-state index in [-0.39, 0.29) is 11.6 Å². The molecule has 2 unspecified atom stereocenters. The number of rotatable bonds is 3. The summed E-state index contributed by atoms with van der Waals surface area (Å²) in [5.41, 5.74) is 4.13. The number of hydrogen-bond donors (Lipinski definition) is 2. The highest BCUT2D eigenvalue weighted by Crippen LogP contribution is 2.47. The van der Waals surface area contributed by atoms with Crippen LogP contribution in [-0.2, 0) is 4.74 Å². The Morgan fingerprint density at radius 1 is 1.56 bits per heavy atom. The minimum atomic E-state index is 0.157. The van der Waals surface area contributed by atoms with Crippen LogP contribution in [0.3, 0.4) is 0 Å². The standard InChI is InChI=1S/C12H20N4OS/c1-8-11(18-16-15-8)10(14-13)9-3-6-17-12(7-9)4-2-5-12/h9-10,14H,2-7,13H2,1H3. The maximum absolute atomic E-state index is 5.98. The fourth-order valence-electron chi connectivity index (χ4n) is 3.22. The van der Waals surface area contributed by atoms with Crippen LogP contribution in [0.25, 0.3) is 0 Å². The van der Waals surface area contributed by atoms with Gasteiger partial charge in [0.15, 0.2) is 0 Å². The molecule has 1 aromatic rings. The lowest BCUT2D eigenvalue weighted by Crippen LogP contribution is -2.48. The molecular formula is C12H20N4OS. The average Bonchev–Trinajstić information content (AvgIpc) is 2.75. The number of nitrogens with two attached hydrogens (primary N) is 1. The van der Waals surface area contributed by atoms with Gasteiger partial charge < -0.3 is 4.74 Å². The number of hydrazine groups is 1. The van der Waals surface area contributed by atoms with Gasteiger partial charge in [0, 0.05) is 6.61 Å². The van der Waals surface area contributed by atoms with Crippen LogP contribution in [0, 0.1) is 12.8 Å². The van der Waals surface area contributed by atoms with Crippen molar-refractivity contribution >= 4 is 11.5 Å². The molecule has 2 atom stereocenters. The fourth-order valence-corrected chi connectivity index (χ4v) is 4.02. The van der Waals surface area contributed by atoms with Crippen LogP contribution in [0.1, 0.15) is 48.7 Å². The molecule has 0 radical (unpaired) electrons. The molecule has 1 aromatic heterocycles. The average molecular weight is 268 g/mol. The van der Waals surface area contributed by atoms with Gasteiger partial charge in [0.1, 0.15) is 0 Å². The van der Waals surface area contributed by atoms with Gasteiger partial charge in [-0.2, -0.15) is 0 Å². The molecule has 0 amide bonds. The van der Waals surface area contributed by atoms with E-state index in [1.807, 2.05) is 6.92 Å². The first-order valence-electron chi connectivity index (χ1n) is 6.63. The molecule has 1 saturated carbocycles. The molecule has 18 heavy (non-hydrogen) atoms. The molecule has 3 rings (SSSR count). The van der Waals surface area contributed by atoms with Gasteiger partial charge >= 0.3 is 0 Å². The molecule has 2 aliphatic rings. The summed E-state index contributed by atoms with van der Waals surface area (Å²) in [6.45, 7) is 2.86. The van der Waals surface area contributed by atoms with Crippen molar-refractivity contribution < 1.29 is 4.74 Å². The lowest BCUT2D eigenvalue weighted by atomic mass is 9.70. The predicted molar refractivity (Wildman–Crippen MR) is 70.0 cm³/mol. The second kappa shape index (κ2) is 4.85. The zero-order chi connectivity index (χ0) is 12.6. The van der Waals surface area contributed by atoms with E-state index >= 15 is 0 Å². The fraction of sp³-hybridized carbons (Fsp3) is 0.833. The predicted octanol–water partition coefficient (Wildman–Crippen LogP) is 1.70. The lowest BCUT2D eigenvalue weighted by Gasteiger charge is -2.48. The van der Waals surface area contributed by atoms with E-state index in [1.54, 1.807) is 0 Å². The minimum absolute atomic E-state index is 0.157. The topological polar surface area (TPSA) is 73.1 Å². The number of hydrogen-bond acceptors (Lipinski definition) is 6. The summed E-state index contributed by atoms with van der Waals surface area (Å²) in [6, 6.07) is 0.173. The van der Waals surface area contributed by atoms with Crippen molar-refractivity contribution in [2.45, 2.75) is 50.7 Å². The smallest absolute Gasteiger partial charge is 0.0773 e. The third kappa shape index (κ3) is 2.07. The third-order valence-electron chi connectivity index (χ3n) is 4.42. The van der Waals surface area contributed by atoms with Crippen LogP contribution >= 0.6 is 11.5 Å². The van der Waals surface area contributed by atoms with Crippen molar-refractivity contribution in [2.24, 2.45) is 11.8 Å². The highest BCUT2D eigenvalue weighted by molar-refractivity contribution is 7.05. The Labute approximate surface area is 111 Å². The van der Waals surface area contributed by atoms with Crippen molar-refractivity contribution in [1.82, 2.24) is 15.0 Å². The van der Waals surface area contributed by atoms with E-state index < -0.39 is 0 Å². The minimum Gasteiger partial charge on any atom is -0.375 e. The molecule has 0 bridgehead atoms. The summed E-state index contributed by atoms with van der Waals surface area (Å²) in [6.07, 6.45) is 5.89. The van der Waals surface area contributed by atoms with Crippen molar-refractivity contribution in [3.8, 4) is 0 Å². The monoisotopic (exact) mass is 268 g/mol. The van der Waals surface area contributed by atoms with Gasteiger partial charge in [0.05, 0.1) is 22.2 Å². The molecule has 3 N–H and O–H groups in total. The second-order valence-corrected chi connectivity index (χ2v) is 6.29. The van der Waals surface area contributed by atoms with Crippen LogP contribution < -0.4 is 11.3 Å². The van der Waals surface area contributed by atoms with Crippen LogP contribution in [0.5, 0.6) is 0 Å². The number of aryl methyl sites for hydroxylation is 1. The Bertz CT molecular complexity index is 418. The van der Waals surface area contributed by atoms with E-state index in [9.17, 15) is 0 Å². The largest absolute Gasteiger partial charge is 0.375 e. The molecule has 1 aliphatic heterocycles. The highest BCUT2D eigenvalue weighted by Gasteiger charge is 2.44. The zero-order valence-corrected chi connectivity index (χ0v) is 11.5. The molecule has 1 saturated heterocycles. The Balaban J connectivity index is 1.77. The van der Waals surface area contributed by atoms with Crippen LogP contribution in [-0.4, -0.2) is 21.8 Å². The molecule has 0 aromatic carbocycles. The second-order valence-electron chi connectivity index (χ2n) is 5.50. The van der Waals surface area contributed by atoms with E-state index in [0.717, 1.165) is 25.1 Å². The number of ether oxygens (including phenoxy) is 1. The van der Waals surface area contributed by atoms with Crippen molar-refractivity contribution in [3.63, 3.8) is 0 Å². The molecule has 100 valence electrons. The molecule has 2 fully saturated rings. The molecular weight excluding hydrogens is 248 g/mol. The van der Waals surface area contributed by atoms with Gasteiger partial charge in [-0.15, -0.1) is 5.10 Å². The van der Waals surface area contributed by atoms with Gasteiger partial charge in [0.25, 0.3) is 0 Å². The lowest BCUT2D eigenvalue weighted by molar-refractivity contribution is -0.147. The molecule has 6 heteroatoms. The van der Waals surface area contributed by atoms with Crippen molar-refractivity contribution in [1.29, 1.82) is 0 Å². The first kappa shape index (κ1) is 12.5. The van der Waals surface area contributed by atoms with Gasteiger partial charge in [-0.05, 0) is 56.5 Å². The van der Waals surface area contributed by atoms with E-state index in [2.05, 4.69) is 15.0 Å². The molecule has 1 aliphatic carbocycles. The van der Waals surface area contributed by atoms with E-state index in [4.69, 9.17) is 10.6 Å². The van der Waals surface area contributed by atoms with Crippen LogP contribution in [0.15, 0.2) is 0 Å². The van der Waals surface area contributed by atoms with Gasteiger partial charge in [0.2, 0.25) is 0 Å². The van der Waals surface area contributed by atoms with Gasteiger partial charge in [-0.3, -0.25) is 11.3 Å². The summed E-state index contributed by atoms with van der Waals surface area (Å²) < 4.78 is 10.00. The zero-order valence-electron chi connectivity index (χ0n) is 10.7. The van der Waals surface area contributed by atoms with Crippen molar-refractivity contribution in [3.05, 3.63) is 10.6 Å².